The molecule has 0 aromatic heterocycles. The Kier molecular flexibility index (Phi) is 5.49. The first-order chi connectivity index (χ1) is 8.09. The van der Waals surface area contributed by atoms with Crippen molar-refractivity contribution in [3.63, 3.8) is 0 Å². The van der Waals surface area contributed by atoms with Crippen LogP contribution >= 0.6 is 0 Å². The fourth-order valence-corrected chi connectivity index (χ4v) is 1.29. The van der Waals surface area contributed by atoms with Crippen molar-refractivity contribution in [2.45, 2.75) is 0 Å². The van der Waals surface area contributed by atoms with E-state index in [9.17, 15) is 4.79 Å². The Morgan fingerprint density at radius 1 is 1.18 bits per heavy atom. The van der Waals surface area contributed by atoms with Crippen LogP contribution in [-0.4, -0.2) is 56.5 Å². The molecule has 0 aliphatic carbocycles. The lowest BCUT2D eigenvalue weighted by Crippen LogP contribution is -2.36. The molecule has 1 aromatic rings. The second-order valence-corrected chi connectivity index (χ2v) is 4.19. The maximum atomic E-state index is 11.4. The van der Waals surface area contributed by atoms with Gasteiger partial charge in [-0.15, -0.1) is 0 Å². The summed E-state index contributed by atoms with van der Waals surface area (Å²) in [7, 11) is 5.43. The average molecular weight is 236 g/mol. The second kappa shape index (κ2) is 6.91. The number of nitrogens with zero attached hydrogens (tertiary/aromatic N) is 2. The molecule has 0 aliphatic heterocycles. The van der Waals surface area contributed by atoms with Crippen molar-refractivity contribution in [2.24, 2.45) is 0 Å². The lowest BCUT2D eigenvalue weighted by molar-refractivity contribution is -0.129. The maximum absolute atomic E-state index is 11.4. The summed E-state index contributed by atoms with van der Waals surface area (Å²) < 4.78 is 5.55. The maximum Gasteiger partial charge on any atom is 0.236 e. The summed E-state index contributed by atoms with van der Waals surface area (Å²) in [6, 6.07) is 9.67. The van der Waals surface area contributed by atoms with Crippen molar-refractivity contribution in [3.8, 4) is 5.75 Å². The van der Waals surface area contributed by atoms with E-state index in [0.717, 1.165) is 12.3 Å². The minimum absolute atomic E-state index is 0.104. The summed E-state index contributed by atoms with van der Waals surface area (Å²) >= 11 is 0. The Bertz CT molecular complexity index is 339. The number of ether oxygens (including phenoxy) is 1. The highest BCUT2D eigenvalue weighted by molar-refractivity contribution is 5.77. The Morgan fingerprint density at radius 3 is 2.41 bits per heavy atom. The van der Waals surface area contributed by atoms with Gasteiger partial charge in [0, 0.05) is 20.6 Å². The van der Waals surface area contributed by atoms with E-state index in [2.05, 4.69) is 0 Å². The number of rotatable bonds is 6. The summed E-state index contributed by atoms with van der Waals surface area (Å²) in [5.74, 6) is 0.965. The van der Waals surface area contributed by atoms with Crippen molar-refractivity contribution in [3.05, 3.63) is 30.3 Å². The Labute approximate surface area is 103 Å². The van der Waals surface area contributed by atoms with Gasteiger partial charge in [-0.1, -0.05) is 18.2 Å². The molecule has 1 aromatic carbocycles. The molecular formula is C13H20N2O2. The SMILES string of the molecule is CN(CCOc1ccccc1)CC(=O)N(C)C. The lowest BCUT2D eigenvalue weighted by Gasteiger charge is -2.18. The van der Waals surface area contributed by atoms with Gasteiger partial charge < -0.3 is 9.64 Å². The zero-order valence-corrected chi connectivity index (χ0v) is 10.7. The van der Waals surface area contributed by atoms with E-state index in [1.54, 1.807) is 19.0 Å². The molecule has 4 nitrogen and oxygen atoms in total. The van der Waals surface area contributed by atoms with Crippen LogP contribution in [0.4, 0.5) is 0 Å². The topological polar surface area (TPSA) is 32.8 Å². The van der Waals surface area contributed by atoms with Crippen LogP contribution < -0.4 is 4.74 Å². The highest BCUT2D eigenvalue weighted by Gasteiger charge is 2.07. The van der Waals surface area contributed by atoms with E-state index in [1.807, 2.05) is 42.3 Å². The van der Waals surface area contributed by atoms with Crippen molar-refractivity contribution in [1.29, 1.82) is 0 Å². The molecule has 0 saturated carbocycles. The second-order valence-electron chi connectivity index (χ2n) is 4.19. The molecule has 0 atom stereocenters. The summed E-state index contributed by atoms with van der Waals surface area (Å²) in [6.07, 6.45) is 0. The standard InChI is InChI=1S/C13H20N2O2/c1-14(2)13(16)11-15(3)9-10-17-12-7-5-4-6-8-12/h4-8H,9-11H2,1-3H3. The number of para-hydroxylation sites is 1. The van der Waals surface area contributed by atoms with Crippen LogP contribution in [-0.2, 0) is 4.79 Å². The zero-order chi connectivity index (χ0) is 12.7. The zero-order valence-electron chi connectivity index (χ0n) is 10.7. The lowest BCUT2D eigenvalue weighted by atomic mass is 10.3. The number of amides is 1. The molecule has 0 unspecified atom stereocenters. The molecule has 1 amide bonds. The van der Waals surface area contributed by atoms with Crippen LogP contribution in [0.25, 0.3) is 0 Å². The third-order valence-electron chi connectivity index (χ3n) is 2.39. The van der Waals surface area contributed by atoms with Gasteiger partial charge in [0.05, 0.1) is 6.54 Å². The van der Waals surface area contributed by atoms with E-state index >= 15 is 0 Å². The number of carbonyl (C=O) groups is 1. The smallest absolute Gasteiger partial charge is 0.236 e. The quantitative estimate of drug-likeness (QED) is 0.741. The van der Waals surface area contributed by atoms with Gasteiger partial charge in [0.25, 0.3) is 0 Å². The van der Waals surface area contributed by atoms with Crippen LogP contribution in [0.3, 0.4) is 0 Å². The van der Waals surface area contributed by atoms with Crippen LogP contribution in [0.5, 0.6) is 5.75 Å². The van der Waals surface area contributed by atoms with Gasteiger partial charge >= 0.3 is 0 Å². The first-order valence-corrected chi connectivity index (χ1v) is 5.66. The fraction of sp³-hybridized carbons (Fsp3) is 0.462. The number of carbonyl (C=O) groups excluding carboxylic acids is 1. The highest BCUT2D eigenvalue weighted by atomic mass is 16.5. The molecule has 1 rings (SSSR count). The van der Waals surface area contributed by atoms with Crippen molar-refractivity contribution in [2.75, 3.05) is 40.8 Å². The summed E-state index contributed by atoms with van der Waals surface area (Å²) in [5, 5.41) is 0. The molecular weight excluding hydrogens is 216 g/mol. The molecule has 0 bridgehead atoms. The van der Waals surface area contributed by atoms with Gasteiger partial charge in [0.15, 0.2) is 0 Å². The number of hydrogen-bond donors (Lipinski definition) is 0. The van der Waals surface area contributed by atoms with Crippen LogP contribution in [0.1, 0.15) is 0 Å². The molecule has 0 radical (unpaired) electrons. The average Bonchev–Trinajstić information content (AvgIpc) is 2.30. The Morgan fingerprint density at radius 2 is 1.82 bits per heavy atom. The minimum atomic E-state index is 0.104. The molecule has 0 spiro atoms. The number of benzene rings is 1. The third kappa shape index (κ3) is 5.36. The fourth-order valence-electron chi connectivity index (χ4n) is 1.29. The van der Waals surface area contributed by atoms with E-state index in [-0.39, 0.29) is 5.91 Å². The predicted molar refractivity (Wildman–Crippen MR) is 68.1 cm³/mol. The number of hydrogen-bond acceptors (Lipinski definition) is 3. The van der Waals surface area contributed by atoms with E-state index in [0.29, 0.717) is 13.2 Å². The summed E-state index contributed by atoms with van der Waals surface area (Å²) in [6.45, 7) is 1.74. The predicted octanol–water partition coefficient (Wildman–Crippen LogP) is 1.09. The van der Waals surface area contributed by atoms with E-state index < -0.39 is 0 Å². The summed E-state index contributed by atoms with van der Waals surface area (Å²) in [4.78, 5) is 15.0. The van der Waals surface area contributed by atoms with Gasteiger partial charge in [0.1, 0.15) is 12.4 Å². The third-order valence-corrected chi connectivity index (χ3v) is 2.39. The Balaban J connectivity index is 2.20. The van der Waals surface area contributed by atoms with Crippen molar-refractivity contribution < 1.29 is 9.53 Å². The highest BCUT2D eigenvalue weighted by Crippen LogP contribution is 2.07. The van der Waals surface area contributed by atoms with Crippen LogP contribution in [0.2, 0.25) is 0 Å². The molecule has 4 heteroatoms. The normalized spacial score (nSPS) is 10.4. The van der Waals surface area contributed by atoms with Crippen LogP contribution in [0, 0.1) is 0 Å². The largest absolute Gasteiger partial charge is 0.492 e. The van der Waals surface area contributed by atoms with E-state index in [1.165, 1.54) is 0 Å². The molecule has 0 N–H and O–H groups in total. The van der Waals surface area contributed by atoms with E-state index in [4.69, 9.17) is 4.74 Å². The van der Waals surface area contributed by atoms with Gasteiger partial charge in [-0.2, -0.15) is 0 Å². The van der Waals surface area contributed by atoms with Gasteiger partial charge in [-0.3, -0.25) is 9.69 Å². The van der Waals surface area contributed by atoms with Crippen molar-refractivity contribution in [1.82, 2.24) is 9.80 Å². The molecule has 0 heterocycles. The first kappa shape index (κ1) is 13.5. The molecule has 0 fully saturated rings. The minimum Gasteiger partial charge on any atom is -0.492 e. The summed E-state index contributed by atoms with van der Waals surface area (Å²) in [5.41, 5.74) is 0. The van der Waals surface area contributed by atoms with Crippen LogP contribution in [0.15, 0.2) is 30.3 Å². The van der Waals surface area contributed by atoms with Crippen molar-refractivity contribution >= 4 is 5.91 Å². The Hall–Kier alpha value is -1.55. The van der Waals surface area contributed by atoms with Gasteiger partial charge in [-0.25, -0.2) is 0 Å². The monoisotopic (exact) mass is 236 g/mol. The molecule has 94 valence electrons. The number of likely N-dealkylation sites (N-methyl/N-ethyl adjacent to an activating group) is 2. The molecule has 17 heavy (non-hydrogen) atoms. The van der Waals surface area contributed by atoms with Gasteiger partial charge in [0.2, 0.25) is 5.91 Å². The van der Waals surface area contributed by atoms with Gasteiger partial charge in [-0.05, 0) is 19.2 Å². The molecule has 0 saturated heterocycles. The first-order valence-electron chi connectivity index (χ1n) is 5.66. The molecule has 0 aliphatic rings.